The number of carbonyl (C=O) groups excluding carboxylic acids is 1. The number of amides is 1. The zero-order chi connectivity index (χ0) is 20.8. The largest absolute Gasteiger partial charge is 0.382 e. The van der Waals surface area contributed by atoms with E-state index in [1.807, 2.05) is 54.6 Å². The Labute approximate surface area is 175 Å². The van der Waals surface area contributed by atoms with Crippen molar-refractivity contribution >= 4 is 28.9 Å². The molecule has 2 aromatic carbocycles. The highest BCUT2D eigenvalue weighted by Crippen LogP contribution is 2.22. The third kappa shape index (κ3) is 5.33. The fourth-order valence-electron chi connectivity index (χ4n) is 3.34. The molecule has 4 rings (SSSR count). The van der Waals surface area contributed by atoms with Gasteiger partial charge in [0.1, 0.15) is 0 Å². The van der Waals surface area contributed by atoms with Crippen molar-refractivity contribution < 1.29 is 9.53 Å². The molecule has 0 aliphatic carbocycles. The van der Waals surface area contributed by atoms with E-state index < -0.39 is 0 Å². The number of hydrogen-bond donors (Lipinski definition) is 3. The second kappa shape index (κ2) is 9.37. The molecule has 0 radical (unpaired) electrons. The lowest BCUT2D eigenvalue weighted by Gasteiger charge is -2.12. The second-order valence-corrected chi connectivity index (χ2v) is 7.24. The molecular weight excluding hydrogens is 378 g/mol. The summed E-state index contributed by atoms with van der Waals surface area (Å²) in [6.45, 7) is 3.19. The Hall–Kier alpha value is -3.45. The number of carbonyl (C=O) groups is 1. The zero-order valence-electron chi connectivity index (χ0n) is 16.9. The Morgan fingerprint density at radius 3 is 2.47 bits per heavy atom. The Morgan fingerprint density at radius 2 is 1.77 bits per heavy atom. The molecule has 0 saturated carbocycles. The lowest BCUT2D eigenvalue weighted by Crippen LogP contribution is -2.18. The van der Waals surface area contributed by atoms with E-state index in [1.165, 1.54) is 6.92 Å². The van der Waals surface area contributed by atoms with Crippen molar-refractivity contribution in [2.45, 2.75) is 25.9 Å². The minimum absolute atomic E-state index is 0.0932. The summed E-state index contributed by atoms with van der Waals surface area (Å²) in [6, 6.07) is 17.5. The van der Waals surface area contributed by atoms with Gasteiger partial charge in [-0.25, -0.2) is 9.97 Å². The molecule has 1 aliphatic heterocycles. The highest BCUT2D eigenvalue weighted by atomic mass is 16.5. The molecule has 0 bridgehead atoms. The van der Waals surface area contributed by atoms with Crippen LogP contribution in [0.1, 0.15) is 19.8 Å². The number of nitrogens with one attached hydrogen (secondary N) is 3. The van der Waals surface area contributed by atoms with Crippen LogP contribution in [0.4, 0.5) is 23.0 Å². The SMILES string of the molecule is CC(=O)Nc1ccc(-c2ccnc(Nc3ccc(NCC4CCCO4)cc3)n2)cc1. The topological polar surface area (TPSA) is 88.2 Å². The number of ether oxygens (including phenoxy) is 1. The smallest absolute Gasteiger partial charge is 0.227 e. The summed E-state index contributed by atoms with van der Waals surface area (Å²) in [5, 5.41) is 9.42. The highest BCUT2D eigenvalue weighted by Gasteiger charge is 2.14. The Morgan fingerprint density at radius 1 is 1.03 bits per heavy atom. The van der Waals surface area contributed by atoms with E-state index in [0.717, 1.165) is 54.3 Å². The number of anilines is 4. The molecular formula is C23H25N5O2. The normalized spacial score (nSPS) is 15.6. The molecule has 7 heteroatoms. The van der Waals surface area contributed by atoms with E-state index >= 15 is 0 Å². The molecule has 1 aliphatic rings. The summed E-state index contributed by atoms with van der Waals surface area (Å²) in [7, 11) is 0. The first-order valence-electron chi connectivity index (χ1n) is 10.1. The van der Waals surface area contributed by atoms with Crippen LogP contribution in [0.3, 0.4) is 0 Å². The summed E-state index contributed by atoms with van der Waals surface area (Å²) in [5.74, 6) is 0.433. The lowest BCUT2D eigenvalue weighted by atomic mass is 10.1. The summed E-state index contributed by atoms with van der Waals surface area (Å²) in [5.41, 5.74) is 4.48. The van der Waals surface area contributed by atoms with Gasteiger partial charge in [-0.2, -0.15) is 0 Å². The maximum absolute atomic E-state index is 11.2. The predicted molar refractivity (Wildman–Crippen MR) is 119 cm³/mol. The zero-order valence-corrected chi connectivity index (χ0v) is 16.9. The van der Waals surface area contributed by atoms with Crippen molar-refractivity contribution in [2.75, 3.05) is 29.1 Å². The molecule has 30 heavy (non-hydrogen) atoms. The van der Waals surface area contributed by atoms with Gasteiger partial charge in [-0.05, 0) is 55.3 Å². The van der Waals surface area contributed by atoms with Gasteiger partial charge in [-0.3, -0.25) is 4.79 Å². The van der Waals surface area contributed by atoms with Crippen LogP contribution in [-0.4, -0.2) is 35.1 Å². The molecule has 1 saturated heterocycles. The van der Waals surface area contributed by atoms with Gasteiger partial charge in [0.25, 0.3) is 0 Å². The number of rotatable bonds is 7. The van der Waals surface area contributed by atoms with Crippen LogP contribution in [0.15, 0.2) is 60.8 Å². The van der Waals surface area contributed by atoms with Gasteiger partial charge in [-0.15, -0.1) is 0 Å². The van der Waals surface area contributed by atoms with Crippen molar-refractivity contribution in [3.63, 3.8) is 0 Å². The fraction of sp³-hybridized carbons (Fsp3) is 0.261. The molecule has 1 amide bonds. The number of nitrogens with zero attached hydrogens (tertiary/aromatic N) is 2. The molecule has 3 N–H and O–H groups in total. The van der Waals surface area contributed by atoms with Crippen molar-refractivity contribution in [1.29, 1.82) is 0 Å². The van der Waals surface area contributed by atoms with Crippen molar-refractivity contribution in [1.82, 2.24) is 9.97 Å². The summed E-state index contributed by atoms with van der Waals surface area (Å²) in [6.07, 6.45) is 4.31. The van der Waals surface area contributed by atoms with Crippen LogP contribution in [0.5, 0.6) is 0 Å². The van der Waals surface area contributed by atoms with Gasteiger partial charge in [0, 0.05) is 48.9 Å². The van der Waals surface area contributed by atoms with Crippen molar-refractivity contribution in [2.24, 2.45) is 0 Å². The van der Waals surface area contributed by atoms with Gasteiger partial charge < -0.3 is 20.7 Å². The summed E-state index contributed by atoms with van der Waals surface area (Å²) in [4.78, 5) is 20.1. The van der Waals surface area contributed by atoms with E-state index in [-0.39, 0.29) is 5.91 Å². The molecule has 0 spiro atoms. The predicted octanol–water partition coefficient (Wildman–Crippen LogP) is 4.44. The first-order valence-corrected chi connectivity index (χ1v) is 10.1. The Balaban J connectivity index is 1.38. The number of benzene rings is 2. The fourth-order valence-corrected chi connectivity index (χ4v) is 3.34. The maximum atomic E-state index is 11.2. The van der Waals surface area contributed by atoms with Crippen LogP contribution >= 0.6 is 0 Å². The number of hydrogen-bond acceptors (Lipinski definition) is 6. The van der Waals surface area contributed by atoms with Crippen molar-refractivity contribution in [3.05, 3.63) is 60.8 Å². The molecule has 7 nitrogen and oxygen atoms in total. The quantitative estimate of drug-likeness (QED) is 0.541. The minimum Gasteiger partial charge on any atom is -0.382 e. The van der Waals surface area contributed by atoms with Gasteiger partial charge >= 0.3 is 0 Å². The Kier molecular flexibility index (Phi) is 6.20. The van der Waals surface area contributed by atoms with Gasteiger partial charge in [-0.1, -0.05) is 12.1 Å². The van der Waals surface area contributed by atoms with E-state index in [2.05, 4.69) is 25.9 Å². The molecule has 1 unspecified atom stereocenters. The average Bonchev–Trinajstić information content (AvgIpc) is 3.27. The summed E-state index contributed by atoms with van der Waals surface area (Å²) < 4.78 is 5.64. The maximum Gasteiger partial charge on any atom is 0.227 e. The summed E-state index contributed by atoms with van der Waals surface area (Å²) >= 11 is 0. The molecule has 1 fully saturated rings. The van der Waals surface area contributed by atoms with Gasteiger partial charge in [0.05, 0.1) is 11.8 Å². The first-order chi connectivity index (χ1) is 14.7. The minimum atomic E-state index is -0.0932. The number of aromatic nitrogens is 2. The molecule has 154 valence electrons. The first kappa shape index (κ1) is 19.8. The van der Waals surface area contributed by atoms with E-state index in [0.29, 0.717) is 12.1 Å². The molecule has 2 heterocycles. The highest BCUT2D eigenvalue weighted by molar-refractivity contribution is 5.88. The third-order valence-electron chi connectivity index (χ3n) is 4.86. The lowest BCUT2D eigenvalue weighted by molar-refractivity contribution is -0.114. The van der Waals surface area contributed by atoms with Crippen molar-refractivity contribution in [3.8, 4) is 11.3 Å². The second-order valence-electron chi connectivity index (χ2n) is 7.24. The van der Waals surface area contributed by atoms with Crippen LogP contribution in [-0.2, 0) is 9.53 Å². The van der Waals surface area contributed by atoms with Gasteiger partial charge in [0.15, 0.2) is 0 Å². The van der Waals surface area contributed by atoms with E-state index in [9.17, 15) is 4.79 Å². The standard InChI is InChI=1S/C23H25N5O2/c1-16(29)26-19-6-4-17(5-7-19)22-12-13-24-23(28-22)27-20-10-8-18(9-11-20)25-15-21-3-2-14-30-21/h4-13,21,25H,2-3,14-15H2,1H3,(H,26,29)(H,24,27,28). The van der Waals surface area contributed by atoms with Crippen LogP contribution in [0, 0.1) is 0 Å². The monoisotopic (exact) mass is 403 g/mol. The Bertz CT molecular complexity index is 983. The molecule has 1 aromatic heterocycles. The average molecular weight is 403 g/mol. The van der Waals surface area contributed by atoms with Crippen LogP contribution < -0.4 is 16.0 Å². The molecule has 3 aromatic rings. The molecule has 1 atom stereocenters. The van der Waals surface area contributed by atoms with E-state index in [1.54, 1.807) is 6.20 Å². The van der Waals surface area contributed by atoms with Crippen LogP contribution in [0.2, 0.25) is 0 Å². The van der Waals surface area contributed by atoms with Gasteiger partial charge in [0.2, 0.25) is 11.9 Å². The van der Waals surface area contributed by atoms with E-state index in [4.69, 9.17) is 4.74 Å². The third-order valence-corrected chi connectivity index (χ3v) is 4.86. The van der Waals surface area contributed by atoms with Crippen LogP contribution in [0.25, 0.3) is 11.3 Å².